The third kappa shape index (κ3) is 3.56. The molecule has 1 saturated carbocycles. The molecule has 0 spiro atoms. The molecule has 1 N–H and O–H groups in total. The summed E-state index contributed by atoms with van der Waals surface area (Å²) in [6.07, 6.45) is 4.82. The Labute approximate surface area is 121 Å². The van der Waals surface area contributed by atoms with Crippen LogP contribution >= 0.6 is 11.6 Å². The van der Waals surface area contributed by atoms with Crippen molar-refractivity contribution in [3.05, 3.63) is 23.2 Å². The maximum atomic E-state index is 6.26. The van der Waals surface area contributed by atoms with Crippen molar-refractivity contribution in [1.82, 2.24) is 0 Å². The average Bonchev–Trinajstić information content (AvgIpc) is 2.68. The summed E-state index contributed by atoms with van der Waals surface area (Å²) in [7, 11) is 0. The zero-order valence-electron chi connectivity index (χ0n) is 12.1. The molecular formula is C16H24ClNO. The van der Waals surface area contributed by atoms with Crippen LogP contribution in [0.4, 0.5) is 5.69 Å². The molecule has 1 unspecified atom stereocenters. The topological polar surface area (TPSA) is 21.3 Å². The van der Waals surface area contributed by atoms with Gasteiger partial charge in [-0.3, -0.25) is 0 Å². The fourth-order valence-corrected chi connectivity index (χ4v) is 2.95. The third-order valence-electron chi connectivity index (χ3n) is 3.99. The summed E-state index contributed by atoms with van der Waals surface area (Å²) >= 11 is 6.26. The number of rotatable bonds is 5. The molecular weight excluding hydrogens is 258 g/mol. The van der Waals surface area contributed by atoms with Gasteiger partial charge in [-0.25, -0.2) is 0 Å². The van der Waals surface area contributed by atoms with Gasteiger partial charge in [0.15, 0.2) is 0 Å². The van der Waals surface area contributed by atoms with Crippen molar-refractivity contribution in [2.45, 2.75) is 52.5 Å². The van der Waals surface area contributed by atoms with E-state index in [2.05, 4.69) is 32.2 Å². The van der Waals surface area contributed by atoms with Gasteiger partial charge in [-0.1, -0.05) is 38.8 Å². The van der Waals surface area contributed by atoms with Crippen LogP contribution in [0.2, 0.25) is 5.02 Å². The van der Waals surface area contributed by atoms with Crippen molar-refractivity contribution >= 4 is 17.3 Å². The van der Waals surface area contributed by atoms with Crippen LogP contribution in [0.1, 0.15) is 46.5 Å². The molecule has 0 aliphatic heterocycles. The molecule has 1 aromatic rings. The largest absolute Gasteiger partial charge is 0.492 e. The monoisotopic (exact) mass is 281 g/mol. The molecule has 1 atom stereocenters. The highest BCUT2D eigenvalue weighted by Crippen LogP contribution is 2.39. The lowest BCUT2D eigenvalue weighted by Gasteiger charge is -2.28. The van der Waals surface area contributed by atoms with Crippen molar-refractivity contribution in [1.29, 1.82) is 0 Å². The molecule has 0 amide bonds. The molecule has 1 aliphatic rings. The first-order valence-electron chi connectivity index (χ1n) is 7.22. The first kappa shape index (κ1) is 14.5. The molecule has 0 aromatic heterocycles. The van der Waals surface area contributed by atoms with Crippen molar-refractivity contribution in [2.24, 2.45) is 5.41 Å². The maximum Gasteiger partial charge on any atom is 0.138 e. The standard InChI is InChI=1S/C16H24ClNO/c1-4-10-19-14-8-7-12(11-13(14)17)18-15-6-5-9-16(15,2)3/h7-8,11,15,18H,4-6,9-10H2,1-3H3. The number of halogens is 1. The van der Waals surface area contributed by atoms with Crippen molar-refractivity contribution in [3.63, 3.8) is 0 Å². The Morgan fingerprint density at radius 1 is 1.42 bits per heavy atom. The number of ether oxygens (including phenoxy) is 1. The molecule has 1 aromatic carbocycles. The molecule has 0 radical (unpaired) electrons. The van der Waals surface area contributed by atoms with E-state index >= 15 is 0 Å². The van der Waals surface area contributed by atoms with E-state index < -0.39 is 0 Å². The number of benzene rings is 1. The van der Waals surface area contributed by atoms with E-state index in [0.29, 0.717) is 23.1 Å². The van der Waals surface area contributed by atoms with Gasteiger partial charge in [0.25, 0.3) is 0 Å². The zero-order chi connectivity index (χ0) is 13.9. The first-order valence-corrected chi connectivity index (χ1v) is 7.59. The second-order valence-electron chi connectivity index (χ2n) is 6.07. The van der Waals surface area contributed by atoms with Crippen LogP contribution in [0.5, 0.6) is 5.75 Å². The van der Waals surface area contributed by atoms with Gasteiger partial charge in [-0.15, -0.1) is 0 Å². The predicted octanol–water partition coefficient (Wildman–Crippen LogP) is 5.12. The van der Waals surface area contributed by atoms with Gasteiger partial charge in [0, 0.05) is 11.7 Å². The van der Waals surface area contributed by atoms with Gasteiger partial charge >= 0.3 is 0 Å². The minimum absolute atomic E-state index is 0.365. The fraction of sp³-hybridized carbons (Fsp3) is 0.625. The van der Waals surface area contributed by atoms with Gasteiger partial charge in [-0.2, -0.15) is 0 Å². The Morgan fingerprint density at radius 2 is 2.21 bits per heavy atom. The van der Waals surface area contributed by atoms with Crippen LogP contribution in [0, 0.1) is 5.41 Å². The van der Waals surface area contributed by atoms with Gasteiger partial charge in [0.05, 0.1) is 11.6 Å². The van der Waals surface area contributed by atoms with Gasteiger partial charge in [0.2, 0.25) is 0 Å². The molecule has 3 heteroatoms. The Balaban J connectivity index is 2.04. The summed E-state index contributed by atoms with van der Waals surface area (Å²) in [5.41, 5.74) is 1.46. The van der Waals surface area contributed by atoms with Crippen LogP contribution < -0.4 is 10.1 Å². The number of anilines is 1. The normalized spacial score (nSPS) is 21.4. The zero-order valence-corrected chi connectivity index (χ0v) is 12.9. The van der Waals surface area contributed by atoms with Crippen LogP contribution in [0.15, 0.2) is 18.2 Å². The van der Waals surface area contributed by atoms with E-state index in [9.17, 15) is 0 Å². The van der Waals surface area contributed by atoms with E-state index in [1.807, 2.05) is 12.1 Å². The smallest absolute Gasteiger partial charge is 0.138 e. The summed E-state index contributed by atoms with van der Waals surface area (Å²) in [6.45, 7) is 7.46. The quantitative estimate of drug-likeness (QED) is 0.809. The molecule has 106 valence electrons. The highest BCUT2D eigenvalue weighted by molar-refractivity contribution is 6.32. The lowest BCUT2D eigenvalue weighted by molar-refractivity contribution is 0.317. The van der Waals surface area contributed by atoms with Crippen molar-refractivity contribution in [3.8, 4) is 5.75 Å². The minimum atomic E-state index is 0.365. The van der Waals surface area contributed by atoms with E-state index in [1.54, 1.807) is 0 Å². The SMILES string of the molecule is CCCOc1ccc(NC2CCCC2(C)C)cc1Cl. The van der Waals surface area contributed by atoms with E-state index in [-0.39, 0.29) is 0 Å². The molecule has 2 rings (SSSR count). The fourth-order valence-electron chi connectivity index (χ4n) is 2.72. The van der Waals surface area contributed by atoms with Crippen LogP contribution in [-0.2, 0) is 0 Å². The molecule has 0 saturated heterocycles. The maximum absolute atomic E-state index is 6.26. The van der Waals surface area contributed by atoms with Crippen LogP contribution in [-0.4, -0.2) is 12.6 Å². The molecule has 1 aliphatic carbocycles. The minimum Gasteiger partial charge on any atom is -0.492 e. The van der Waals surface area contributed by atoms with E-state index in [1.165, 1.54) is 19.3 Å². The summed E-state index contributed by atoms with van der Waals surface area (Å²) in [4.78, 5) is 0. The molecule has 2 nitrogen and oxygen atoms in total. The van der Waals surface area contributed by atoms with Gasteiger partial charge in [0.1, 0.15) is 5.75 Å². The van der Waals surface area contributed by atoms with E-state index in [0.717, 1.165) is 17.9 Å². The van der Waals surface area contributed by atoms with Crippen molar-refractivity contribution in [2.75, 3.05) is 11.9 Å². The van der Waals surface area contributed by atoms with Crippen LogP contribution in [0.25, 0.3) is 0 Å². The molecule has 0 heterocycles. The van der Waals surface area contributed by atoms with Gasteiger partial charge in [-0.05, 0) is 42.9 Å². The van der Waals surface area contributed by atoms with E-state index in [4.69, 9.17) is 16.3 Å². The molecule has 1 fully saturated rings. The summed E-state index contributed by atoms with van der Waals surface area (Å²) in [5.74, 6) is 0.778. The van der Waals surface area contributed by atoms with Crippen molar-refractivity contribution < 1.29 is 4.74 Å². The lowest BCUT2D eigenvalue weighted by atomic mass is 9.87. The Bertz CT molecular complexity index is 431. The highest BCUT2D eigenvalue weighted by atomic mass is 35.5. The summed E-state index contributed by atoms with van der Waals surface area (Å²) in [6, 6.07) is 6.53. The first-order chi connectivity index (χ1) is 9.03. The van der Waals surface area contributed by atoms with Gasteiger partial charge < -0.3 is 10.1 Å². The average molecular weight is 282 g/mol. The van der Waals surface area contributed by atoms with Crippen LogP contribution in [0.3, 0.4) is 0 Å². The Morgan fingerprint density at radius 3 is 2.79 bits per heavy atom. The predicted molar refractivity (Wildman–Crippen MR) is 82.3 cm³/mol. The number of hydrogen-bond acceptors (Lipinski definition) is 2. The molecule has 19 heavy (non-hydrogen) atoms. The lowest BCUT2D eigenvalue weighted by Crippen LogP contribution is -2.30. The number of hydrogen-bond donors (Lipinski definition) is 1. The number of nitrogens with one attached hydrogen (secondary N) is 1. The third-order valence-corrected chi connectivity index (χ3v) is 4.29. The Hall–Kier alpha value is -0.890. The summed E-state index contributed by atoms with van der Waals surface area (Å²) < 4.78 is 5.59. The Kier molecular flexibility index (Phi) is 4.62. The highest BCUT2D eigenvalue weighted by Gasteiger charge is 2.34. The summed E-state index contributed by atoms with van der Waals surface area (Å²) in [5, 5.41) is 4.30. The second kappa shape index (κ2) is 6.04. The molecule has 0 bridgehead atoms. The second-order valence-corrected chi connectivity index (χ2v) is 6.48.